The van der Waals surface area contributed by atoms with Gasteiger partial charge in [0.05, 0.1) is 19.3 Å². The second kappa shape index (κ2) is 3.15. The van der Waals surface area contributed by atoms with Crippen LogP contribution in [0.25, 0.3) is 0 Å². The summed E-state index contributed by atoms with van der Waals surface area (Å²) < 4.78 is 14.8. The Labute approximate surface area is 54.9 Å². The summed E-state index contributed by atoms with van der Waals surface area (Å²) in [6, 6.07) is 0. The van der Waals surface area contributed by atoms with Crippen LogP contribution in [0, 0.1) is 6.92 Å². The van der Waals surface area contributed by atoms with E-state index in [1.54, 1.807) is 7.11 Å². The quantitative estimate of drug-likeness (QED) is 0.530. The van der Waals surface area contributed by atoms with Crippen LogP contribution < -0.4 is 0 Å². The standard InChI is InChI=1S/C6H10O3/c1-5-3-8-6(9-5)4-7-2/h1,5-6H,3-4H2,2H3. The second-order valence-electron chi connectivity index (χ2n) is 1.89. The molecule has 2 radical (unpaired) electrons. The Morgan fingerprint density at radius 2 is 2.56 bits per heavy atom. The molecular formula is C6H10O3. The predicted molar refractivity (Wildman–Crippen MR) is 30.8 cm³/mol. The number of methoxy groups -OCH3 is 1. The zero-order valence-corrected chi connectivity index (χ0v) is 5.37. The van der Waals surface area contributed by atoms with Crippen LogP contribution in [-0.4, -0.2) is 32.7 Å². The lowest BCUT2D eigenvalue weighted by Crippen LogP contribution is -2.15. The van der Waals surface area contributed by atoms with Crippen LogP contribution in [-0.2, 0) is 14.2 Å². The summed E-state index contributed by atoms with van der Waals surface area (Å²) in [5.41, 5.74) is 0. The van der Waals surface area contributed by atoms with E-state index >= 15 is 0 Å². The minimum Gasteiger partial charge on any atom is -0.379 e. The molecule has 3 heteroatoms. The third kappa shape index (κ3) is 1.93. The van der Waals surface area contributed by atoms with E-state index in [-0.39, 0.29) is 12.4 Å². The zero-order chi connectivity index (χ0) is 6.69. The summed E-state index contributed by atoms with van der Waals surface area (Å²) in [6.45, 7) is 6.27. The zero-order valence-electron chi connectivity index (χ0n) is 5.37. The Morgan fingerprint density at radius 3 is 3.00 bits per heavy atom. The molecule has 0 saturated carbocycles. The first kappa shape index (κ1) is 6.99. The van der Waals surface area contributed by atoms with Gasteiger partial charge >= 0.3 is 0 Å². The van der Waals surface area contributed by atoms with Crippen LogP contribution in [0.15, 0.2) is 0 Å². The number of rotatable bonds is 2. The third-order valence-corrected chi connectivity index (χ3v) is 1.08. The molecule has 0 aromatic heterocycles. The average molecular weight is 130 g/mol. The van der Waals surface area contributed by atoms with Crippen LogP contribution in [0.2, 0.25) is 0 Å². The summed E-state index contributed by atoms with van der Waals surface area (Å²) in [5.74, 6) is 0. The van der Waals surface area contributed by atoms with Crippen LogP contribution in [0.3, 0.4) is 0 Å². The van der Waals surface area contributed by atoms with E-state index in [1.165, 1.54) is 0 Å². The molecule has 1 aliphatic heterocycles. The van der Waals surface area contributed by atoms with Gasteiger partial charge in [-0.3, -0.25) is 0 Å². The second-order valence-corrected chi connectivity index (χ2v) is 1.89. The van der Waals surface area contributed by atoms with Gasteiger partial charge < -0.3 is 14.2 Å². The van der Waals surface area contributed by atoms with Gasteiger partial charge in [0.15, 0.2) is 6.29 Å². The Bertz CT molecular complexity index is 82.4. The van der Waals surface area contributed by atoms with E-state index in [2.05, 4.69) is 0 Å². The van der Waals surface area contributed by atoms with E-state index in [9.17, 15) is 0 Å². The lowest BCUT2D eigenvalue weighted by molar-refractivity contribution is -0.0918. The molecule has 1 rings (SSSR count). The van der Waals surface area contributed by atoms with Crippen molar-refractivity contribution in [1.82, 2.24) is 0 Å². The normalized spacial score (nSPS) is 35.3. The molecule has 9 heavy (non-hydrogen) atoms. The first-order valence-corrected chi connectivity index (χ1v) is 2.84. The Morgan fingerprint density at radius 1 is 1.78 bits per heavy atom. The van der Waals surface area contributed by atoms with Gasteiger partial charge in [0.2, 0.25) is 0 Å². The Hall–Kier alpha value is -0.120. The van der Waals surface area contributed by atoms with Crippen molar-refractivity contribution in [1.29, 1.82) is 0 Å². The lowest BCUT2D eigenvalue weighted by Gasteiger charge is -2.06. The van der Waals surface area contributed by atoms with Crippen molar-refractivity contribution in [2.45, 2.75) is 12.4 Å². The monoisotopic (exact) mass is 130 g/mol. The molecule has 2 unspecified atom stereocenters. The van der Waals surface area contributed by atoms with E-state index in [0.29, 0.717) is 13.2 Å². The van der Waals surface area contributed by atoms with Gasteiger partial charge in [0.25, 0.3) is 0 Å². The molecule has 1 saturated heterocycles. The fourth-order valence-electron chi connectivity index (χ4n) is 0.699. The van der Waals surface area contributed by atoms with Gasteiger partial charge in [-0.15, -0.1) is 0 Å². The molecule has 1 fully saturated rings. The van der Waals surface area contributed by atoms with E-state index in [1.807, 2.05) is 0 Å². The summed E-state index contributed by atoms with van der Waals surface area (Å²) in [4.78, 5) is 0. The van der Waals surface area contributed by atoms with Crippen molar-refractivity contribution in [2.24, 2.45) is 0 Å². The molecule has 0 aliphatic carbocycles. The van der Waals surface area contributed by atoms with Gasteiger partial charge in [-0.2, -0.15) is 0 Å². The maximum absolute atomic E-state index is 5.35. The molecule has 2 atom stereocenters. The maximum atomic E-state index is 5.35. The third-order valence-electron chi connectivity index (χ3n) is 1.08. The molecule has 1 aliphatic rings. The average Bonchev–Trinajstić information content (AvgIpc) is 2.17. The van der Waals surface area contributed by atoms with Crippen LogP contribution in [0.1, 0.15) is 0 Å². The van der Waals surface area contributed by atoms with Crippen molar-refractivity contribution < 1.29 is 14.2 Å². The minimum atomic E-state index is -0.273. The molecule has 52 valence electrons. The number of ether oxygens (including phenoxy) is 3. The number of hydrogen-bond donors (Lipinski definition) is 0. The van der Waals surface area contributed by atoms with Crippen molar-refractivity contribution >= 4 is 0 Å². The summed E-state index contributed by atoms with van der Waals surface area (Å²) in [7, 11) is 1.59. The van der Waals surface area contributed by atoms with Crippen LogP contribution in [0.4, 0.5) is 0 Å². The smallest absolute Gasteiger partial charge is 0.181 e. The molecule has 0 N–H and O–H groups in total. The van der Waals surface area contributed by atoms with Gasteiger partial charge in [0, 0.05) is 7.11 Å². The van der Waals surface area contributed by atoms with Crippen molar-refractivity contribution in [2.75, 3.05) is 20.3 Å². The highest BCUT2D eigenvalue weighted by Gasteiger charge is 2.21. The highest BCUT2D eigenvalue weighted by molar-refractivity contribution is 4.65. The van der Waals surface area contributed by atoms with Crippen molar-refractivity contribution in [3.8, 4) is 0 Å². The molecule has 0 amide bonds. The molecule has 3 nitrogen and oxygen atoms in total. The van der Waals surface area contributed by atoms with Crippen molar-refractivity contribution in [3.63, 3.8) is 0 Å². The van der Waals surface area contributed by atoms with Crippen LogP contribution >= 0.6 is 0 Å². The lowest BCUT2D eigenvalue weighted by atomic mass is 10.5. The fraction of sp³-hybridized carbons (Fsp3) is 0.833. The predicted octanol–water partition coefficient (Wildman–Crippen LogP) is 0.0854. The molecule has 0 bridgehead atoms. The molecule has 0 aromatic rings. The van der Waals surface area contributed by atoms with Crippen molar-refractivity contribution in [3.05, 3.63) is 6.92 Å². The largest absolute Gasteiger partial charge is 0.379 e. The van der Waals surface area contributed by atoms with E-state index in [0.717, 1.165) is 0 Å². The summed E-state index contributed by atoms with van der Waals surface area (Å²) >= 11 is 0. The topological polar surface area (TPSA) is 27.7 Å². The number of hydrogen-bond acceptors (Lipinski definition) is 3. The fourth-order valence-corrected chi connectivity index (χ4v) is 0.699. The Kier molecular flexibility index (Phi) is 2.45. The van der Waals surface area contributed by atoms with Gasteiger partial charge in [-0.05, 0) is 6.92 Å². The van der Waals surface area contributed by atoms with E-state index < -0.39 is 0 Å². The SMILES string of the molecule is [CH]C1COC(COC)O1. The summed E-state index contributed by atoms with van der Waals surface area (Å²) in [5, 5.41) is 0. The van der Waals surface area contributed by atoms with Gasteiger partial charge in [-0.25, -0.2) is 0 Å². The first-order chi connectivity index (χ1) is 4.33. The highest BCUT2D eigenvalue weighted by atomic mass is 16.7. The first-order valence-electron chi connectivity index (χ1n) is 2.84. The summed E-state index contributed by atoms with van der Waals surface area (Å²) in [6.07, 6.45) is -0.532. The van der Waals surface area contributed by atoms with E-state index in [4.69, 9.17) is 21.1 Å². The molecule has 0 aromatic carbocycles. The van der Waals surface area contributed by atoms with Gasteiger partial charge in [-0.1, -0.05) is 0 Å². The highest BCUT2D eigenvalue weighted by Crippen LogP contribution is 2.09. The Balaban J connectivity index is 2.14. The van der Waals surface area contributed by atoms with Crippen LogP contribution in [0.5, 0.6) is 0 Å². The minimum absolute atomic E-state index is 0.259. The molecular weight excluding hydrogens is 120 g/mol. The van der Waals surface area contributed by atoms with Gasteiger partial charge in [0.1, 0.15) is 0 Å². The molecule has 0 spiro atoms. The molecule has 1 heterocycles. The maximum Gasteiger partial charge on any atom is 0.181 e.